The molecule has 28 heavy (non-hydrogen) atoms. The van der Waals surface area contributed by atoms with Gasteiger partial charge in [0.05, 0.1) is 6.04 Å². The number of ketones is 1. The summed E-state index contributed by atoms with van der Waals surface area (Å²) in [5.74, 6) is -3.63. The molecule has 0 aliphatic heterocycles. The average molecular weight is 393 g/mol. The van der Waals surface area contributed by atoms with Crippen molar-refractivity contribution in [3.05, 3.63) is 46.9 Å². The van der Waals surface area contributed by atoms with Crippen molar-refractivity contribution in [2.24, 2.45) is 5.92 Å². The van der Waals surface area contributed by atoms with Gasteiger partial charge in [-0.15, -0.1) is 0 Å². The summed E-state index contributed by atoms with van der Waals surface area (Å²) in [6.45, 7) is 2.30. The van der Waals surface area contributed by atoms with Crippen LogP contribution >= 0.6 is 0 Å². The lowest BCUT2D eigenvalue weighted by molar-refractivity contribution is -0.174. The number of hydrogen-bond acceptors (Lipinski definition) is 3. The molecular formula is C19H18F3N3O3. The molecule has 1 amide bonds. The minimum Gasteiger partial charge on any atom is -0.350 e. The third-order valence-corrected chi connectivity index (χ3v) is 4.50. The van der Waals surface area contributed by atoms with Crippen LogP contribution in [0.4, 0.5) is 13.2 Å². The number of H-pyrrole nitrogens is 1. The average Bonchev–Trinajstić information content (AvgIpc) is 3.00. The van der Waals surface area contributed by atoms with Gasteiger partial charge < -0.3 is 14.9 Å². The van der Waals surface area contributed by atoms with Crippen LogP contribution in [0, 0.1) is 5.92 Å². The van der Waals surface area contributed by atoms with Crippen LogP contribution in [0.1, 0.15) is 13.8 Å². The molecular weight excluding hydrogens is 375 g/mol. The summed E-state index contributed by atoms with van der Waals surface area (Å²) in [6, 6.07) is 7.25. The van der Waals surface area contributed by atoms with Crippen LogP contribution in [0.15, 0.2) is 41.3 Å². The van der Waals surface area contributed by atoms with Crippen molar-refractivity contribution in [2.45, 2.75) is 32.6 Å². The predicted octanol–water partition coefficient (Wildman–Crippen LogP) is 2.75. The highest BCUT2D eigenvalue weighted by Gasteiger charge is 2.44. The van der Waals surface area contributed by atoms with E-state index in [9.17, 15) is 27.6 Å². The summed E-state index contributed by atoms with van der Waals surface area (Å²) in [6.07, 6.45) is -3.65. The third-order valence-electron chi connectivity index (χ3n) is 4.50. The highest BCUT2D eigenvalue weighted by Crippen LogP contribution is 2.23. The molecule has 148 valence electrons. The Morgan fingerprint density at radius 2 is 1.82 bits per heavy atom. The Morgan fingerprint density at radius 1 is 1.14 bits per heavy atom. The van der Waals surface area contributed by atoms with Crippen LogP contribution in [0.5, 0.6) is 0 Å². The van der Waals surface area contributed by atoms with Gasteiger partial charge in [-0.1, -0.05) is 32.0 Å². The summed E-state index contributed by atoms with van der Waals surface area (Å²) in [4.78, 5) is 39.4. The van der Waals surface area contributed by atoms with Crippen molar-refractivity contribution in [1.82, 2.24) is 14.9 Å². The fourth-order valence-corrected chi connectivity index (χ4v) is 3.09. The van der Waals surface area contributed by atoms with Gasteiger partial charge in [-0.3, -0.25) is 14.4 Å². The first-order valence-electron chi connectivity index (χ1n) is 8.60. The standard InChI is InChI=1S/C19H18F3N3O3/c1-10(2)15(17(27)19(20,21)22)24-14(26)9-25-8-7-12-11-5-3-4-6-13(11)23-16(12)18(25)28/h3-8,10,15,23H,9H2,1-2H3,(H,24,26). The number of hydrogen-bond donors (Lipinski definition) is 2. The van der Waals surface area contributed by atoms with Crippen molar-refractivity contribution in [1.29, 1.82) is 0 Å². The van der Waals surface area contributed by atoms with Gasteiger partial charge in [0.25, 0.3) is 11.3 Å². The first-order chi connectivity index (χ1) is 13.1. The van der Waals surface area contributed by atoms with Crippen molar-refractivity contribution in [3.63, 3.8) is 0 Å². The zero-order valence-corrected chi connectivity index (χ0v) is 15.1. The SMILES string of the molecule is CC(C)C(NC(=O)Cn1ccc2c([nH]c3ccccc32)c1=O)C(=O)C(F)(F)F. The Labute approximate surface area is 157 Å². The van der Waals surface area contributed by atoms with E-state index < -0.39 is 41.9 Å². The maximum atomic E-state index is 12.7. The summed E-state index contributed by atoms with van der Waals surface area (Å²) in [5.41, 5.74) is 0.572. The maximum absolute atomic E-state index is 12.7. The number of nitrogens with zero attached hydrogens (tertiary/aromatic N) is 1. The van der Waals surface area contributed by atoms with Crippen LogP contribution in [-0.4, -0.2) is 33.5 Å². The molecule has 1 unspecified atom stereocenters. The Balaban J connectivity index is 1.86. The highest BCUT2D eigenvalue weighted by molar-refractivity contribution is 6.06. The van der Waals surface area contributed by atoms with Gasteiger partial charge in [0.15, 0.2) is 0 Å². The van der Waals surface area contributed by atoms with E-state index in [0.717, 1.165) is 15.5 Å². The monoisotopic (exact) mass is 393 g/mol. The van der Waals surface area contributed by atoms with Gasteiger partial charge in [0.1, 0.15) is 12.1 Å². The molecule has 6 nitrogen and oxygen atoms in total. The molecule has 2 aromatic heterocycles. The molecule has 3 aromatic rings. The van der Waals surface area contributed by atoms with E-state index in [0.29, 0.717) is 10.9 Å². The molecule has 1 aromatic carbocycles. The minimum absolute atomic E-state index is 0.295. The Bertz CT molecular complexity index is 1110. The van der Waals surface area contributed by atoms with E-state index in [4.69, 9.17) is 0 Å². The number of amides is 1. The number of para-hydroxylation sites is 1. The van der Waals surface area contributed by atoms with E-state index in [2.05, 4.69) is 10.3 Å². The van der Waals surface area contributed by atoms with Crippen molar-refractivity contribution in [2.75, 3.05) is 0 Å². The summed E-state index contributed by atoms with van der Waals surface area (Å²) in [5, 5.41) is 3.63. The third kappa shape index (κ3) is 3.64. The molecule has 0 aliphatic carbocycles. The van der Waals surface area contributed by atoms with Gasteiger partial charge >= 0.3 is 6.18 Å². The number of pyridine rings is 1. The Hall–Kier alpha value is -3.10. The molecule has 0 saturated carbocycles. The summed E-state index contributed by atoms with van der Waals surface area (Å²) in [7, 11) is 0. The molecule has 1 atom stereocenters. The topological polar surface area (TPSA) is 84.0 Å². The fourth-order valence-electron chi connectivity index (χ4n) is 3.09. The highest BCUT2D eigenvalue weighted by atomic mass is 19.4. The number of fused-ring (bicyclic) bond motifs is 3. The molecule has 0 fully saturated rings. The molecule has 2 N–H and O–H groups in total. The van der Waals surface area contributed by atoms with Crippen LogP contribution < -0.4 is 10.9 Å². The second-order valence-electron chi connectivity index (χ2n) is 6.86. The normalized spacial score (nSPS) is 13.2. The smallest absolute Gasteiger partial charge is 0.350 e. The number of nitrogens with one attached hydrogen (secondary N) is 2. The summed E-state index contributed by atoms with van der Waals surface area (Å²) < 4.78 is 39.2. The minimum atomic E-state index is -5.05. The lowest BCUT2D eigenvalue weighted by atomic mass is 9.99. The zero-order valence-electron chi connectivity index (χ0n) is 15.1. The van der Waals surface area contributed by atoms with Crippen LogP contribution in [-0.2, 0) is 16.1 Å². The number of alkyl halides is 3. The quantitative estimate of drug-likeness (QED) is 0.699. The lowest BCUT2D eigenvalue weighted by Gasteiger charge is -2.22. The number of aromatic amines is 1. The molecule has 3 rings (SSSR count). The number of aromatic nitrogens is 2. The van der Waals surface area contributed by atoms with Crippen molar-refractivity contribution >= 4 is 33.5 Å². The first-order valence-corrected chi connectivity index (χ1v) is 8.60. The van der Waals surface area contributed by atoms with E-state index >= 15 is 0 Å². The summed E-state index contributed by atoms with van der Waals surface area (Å²) >= 11 is 0. The number of carbonyl (C=O) groups is 2. The van der Waals surface area contributed by atoms with Gasteiger partial charge in [-0.05, 0) is 18.1 Å². The second kappa shape index (κ2) is 7.14. The van der Waals surface area contributed by atoms with Gasteiger partial charge in [-0.25, -0.2) is 0 Å². The number of halogens is 3. The van der Waals surface area contributed by atoms with E-state index in [1.807, 2.05) is 24.3 Å². The van der Waals surface area contributed by atoms with E-state index in [1.165, 1.54) is 20.0 Å². The van der Waals surface area contributed by atoms with Crippen LogP contribution in [0.3, 0.4) is 0 Å². The number of carbonyl (C=O) groups excluding carboxylic acids is 2. The Morgan fingerprint density at radius 3 is 2.46 bits per heavy atom. The Kier molecular flexibility index (Phi) is 5.01. The maximum Gasteiger partial charge on any atom is 0.452 e. The van der Waals surface area contributed by atoms with Crippen LogP contribution in [0.25, 0.3) is 21.8 Å². The first kappa shape index (κ1) is 19.7. The molecule has 2 heterocycles. The lowest BCUT2D eigenvalue weighted by Crippen LogP contribution is -2.50. The van der Waals surface area contributed by atoms with E-state index in [1.54, 1.807) is 6.07 Å². The van der Waals surface area contributed by atoms with Gasteiger partial charge in [0.2, 0.25) is 5.91 Å². The van der Waals surface area contributed by atoms with Crippen molar-refractivity contribution < 1.29 is 22.8 Å². The fraction of sp³-hybridized carbons (Fsp3) is 0.316. The van der Waals surface area contributed by atoms with Gasteiger partial charge in [-0.2, -0.15) is 13.2 Å². The van der Waals surface area contributed by atoms with Gasteiger partial charge in [0, 0.05) is 22.5 Å². The van der Waals surface area contributed by atoms with Crippen molar-refractivity contribution in [3.8, 4) is 0 Å². The molecule has 0 bridgehead atoms. The zero-order chi connectivity index (χ0) is 20.6. The number of benzene rings is 1. The molecule has 0 saturated heterocycles. The molecule has 9 heteroatoms. The van der Waals surface area contributed by atoms with E-state index in [-0.39, 0.29) is 0 Å². The molecule has 0 radical (unpaired) electrons. The van der Waals surface area contributed by atoms with Crippen LogP contribution in [0.2, 0.25) is 0 Å². The number of rotatable bonds is 5. The molecule has 0 aliphatic rings. The predicted molar refractivity (Wildman–Crippen MR) is 97.9 cm³/mol. The second-order valence-corrected chi connectivity index (χ2v) is 6.86. The largest absolute Gasteiger partial charge is 0.452 e. The number of Topliss-reactive ketones (excluding diaryl/α,β-unsaturated/α-hetero) is 1. The molecule has 0 spiro atoms.